The fourth-order valence-electron chi connectivity index (χ4n) is 2.89. The predicted octanol–water partition coefficient (Wildman–Crippen LogP) is 0.695. The van der Waals surface area contributed by atoms with E-state index in [-0.39, 0.29) is 5.75 Å². The molecule has 1 aliphatic carbocycles. The highest BCUT2D eigenvalue weighted by atomic mass is 32.2. The fourth-order valence-corrected chi connectivity index (χ4v) is 4.13. The quantitative estimate of drug-likeness (QED) is 0.834. The Balaban J connectivity index is 1.42. The Kier molecular flexibility index (Phi) is 3.49. The van der Waals surface area contributed by atoms with Gasteiger partial charge in [-0.2, -0.15) is 0 Å². The third-order valence-corrected chi connectivity index (χ3v) is 6.35. The molecule has 1 saturated heterocycles. The van der Waals surface area contributed by atoms with E-state index in [9.17, 15) is 8.42 Å². The van der Waals surface area contributed by atoms with Gasteiger partial charge in [-0.05, 0) is 19.8 Å². The van der Waals surface area contributed by atoms with Gasteiger partial charge in [0.1, 0.15) is 5.82 Å². The summed E-state index contributed by atoms with van der Waals surface area (Å²) in [7, 11) is -3.05. The Hall–Kier alpha value is -1.74. The number of sulfonamides is 1. The third kappa shape index (κ3) is 2.67. The number of fused-ring (bicyclic) bond motifs is 1. The van der Waals surface area contributed by atoms with Crippen LogP contribution in [-0.2, 0) is 10.0 Å². The van der Waals surface area contributed by atoms with E-state index < -0.39 is 10.0 Å². The van der Waals surface area contributed by atoms with Gasteiger partial charge < -0.3 is 5.32 Å². The number of rotatable bonds is 6. The lowest BCUT2D eigenvalue weighted by molar-refractivity contribution is 0.212. The summed E-state index contributed by atoms with van der Waals surface area (Å²) in [5.41, 5.74) is 0.742. The van der Waals surface area contributed by atoms with Crippen LogP contribution in [0.3, 0.4) is 0 Å². The number of hydrogen-bond acceptors (Lipinski definition) is 6. The van der Waals surface area contributed by atoms with Crippen molar-refractivity contribution in [2.45, 2.75) is 25.7 Å². The lowest BCUT2D eigenvalue weighted by atomic mass is 10.0. The summed E-state index contributed by atoms with van der Waals surface area (Å²) in [6, 6.07) is 0. The van der Waals surface area contributed by atoms with Gasteiger partial charge in [-0.15, -0.1) is 10.2 Å². The second-order valence-electron chi connectivity index (χ2n) is 6.27. The maximum Gasteiger partial charge on any atom is 0.213 e. The average molecular weight is 336 g/mol. The predicted molar refractivity (Wildman–Crippen MR) is 85.8 cm³/mol. The molecule has 1 N–H and O–H groups in total. The third-order valence-electron chi connectivity index (χ3n) is 4.54. The van der Waals surface area contributed by atoms with Crippen LogP contribution < -0.4 is 5.32 Å². The minimum absolute atomic E-state index is 0.164. The summed E-state index contributed by atoms with van der Waals surface area (Å²) in [5, 5.41) is 11.8. The van der Waals surface area contributed by atoms with Gasteiger partial charge >= 0.3 is 0 Å². The zero-order valence-electron chi connectivity index (χ0n) is 13.0. The Labute approximate surface area is 135 Å². The van der Waals surface area contributed by atoms with Gasteiger partial charge in [-0.25, -0.2) is 17.7 Å². The van der Waals surface area contributed by atoms with Crippen molar-refractivity contribution in [2.24, 2.45) is 5.92 Å². The van der Waals surface area contributed by atoms with E-state index in [1.165, 1.54) is 17.1 Å². The van der Waals surface area contributed by atoms with Crippen molar-refractivity contribution in [3.05, 3.63) is 18.2 Å². The first-order valence-corrected chi connectivity index (χ1v) is 9.60. The molecule has 4 rings (SSSR count). The van der Waals surface area contributed by atoms with Crippen LogP contribution in [0, 0.1) is 5.92 Å². The molecule has 2 aromatic rings. The van der Waals surface area contributed by atoms with Crippen molar-refractivity contribution in [1.82, 2.24) is 23.9 Å². The molecule has 2 aliphatic rings. The molecule has 1 aliphatic heterocycles. The van der Waals surface area contributed by atoms with Crippen molar-refractivity contribution in [3.63, 3.8) is 0 Å². The fraction of sp³-hybridized carbons (Fsp3) is 0.643. The van der Waals surface area contributed by atoms with Crippen LogP contribution in [0.1, 0.15) is 31.5 Å². The summed E-state index contributed by atoms with van der Waals surface area (Å²) >= 11 is 0. The zero-order chi connectivity index (χ0) is 16.0. The van der Waals surface area contributed by atoms with Crippen LogP contribution in [0.15, 0.2) is 12.4 Å². The first-order valence-electron chi connectivity index (χ1n) is 8.00. The molecule has 0 aromatic carbocycles. The second kappa shape index (κ2) is 5.41. The molecule has 124 valence electrons. The minimum Gasteiger partial charge on any atom is -0.367 e. The Bertz CT molecular complexity index is 823. The standard InChI is InChI=1S/C14H20N6O2S/c1-2-23(21,22)19-8-10(9-19)7-16-12-14-18-17-13(11-3-4-11)20(14)6-5-15-12/h5-6,10-11H,2-4,7-9H2,1H3,(H,15,16). The largest absolute Gasteiger partial charge is 0.367 e. The van der Waals surface area contributed by atoms with Crippen molar-refractivity contribution < 1.29 is 8.42 Å². The van der Waals surface area contributed by atoms with Crippen LogP contribution >= 0.6 is 0 Å². The molecule has 0 radical (unpaired) electrons. The number of hydrogen-bond donors (Lipinski definition) is 1. The van der Waals surface area contributed by atoms with Gasteiger partial charge in [0.25, 0.3) is 0 Å². The maximum atomic E-state index is 11.7. The Morgan fingerprint density at radius 3 is 2.78 bits per heavy atom. The second-order valence-corrected chi connectivity index (χ2v) is 8.52. The number of nitrogens with one attached hydrogen (secondary N) is 1. The first kappa shape index (κ1) is 14.8. The maximum absolute atomic E-state index is 11.7. The van der Waals surface area contributed by atoms with E-state index >= 15 is 0 Å². The normalized spacial score (nSPS) is 19.9. The zero-order valence-corrected chi connectivity index (χ0v) is 13.8. The number of nitrogens with zero attached hydrogens (tertiary/aromatic N) is 5. The van der Waals surface area contributed by atoms with Crippen LogP contribution in [0.2, 0.25) is 0 Å². The Morgan fingerprint density at radius 2 is 2.09 bits per heavy atom. The molecule has 0 amide bonds. The molecular weight excluding hydrogens is 316 g/mol. The van der Waals surface area contributed by atoms with Crippen LogP contribution in [0.25, 0.3) is 5.65 Å². The number of anilines is 1. The van der Waals surface area contributed by atoms with E-state index in [1.807, 2.05) is 10.6 Å². The molecule has 2 aromatic heterocycles. The molecule has 0 unspecified atom stereocenters. The molecule has 1 saturated carbocycles. The highest BCUT2D eigenvalue weighted by molar-refractivity contribution is 7.89. The average Bonchev–Trinajstić information content (AvgIpc) is 3.25. The van der Waals surface area contributed by atoms with Crippen molar-refractivity contribution in [2.75, 3.05) is 30.7 Å². The molecular formula is C14H20N6O2S. The monoisotopic (exact) mass is 336 g/mol. The first-order chi connectivity index (χ1) is 11.1. The van der Waals surface area contributed by atoms with Crippen molar-refractivity contribution >= 4 is 21.5 Å². The van der Waals surface area contributed by atoms with Gasteiger partial charge in [0, 0.05) is 43.9 Å². The molecule has 9 heteroatoms. The van der Waals surface area contributed by atoms with Crippen LogP contribution in [0.4, 0.5) is 5.82 Å². The summed E-state index contributed by atoms with van der Waals surface area (Å²) in [5.74, 6) is 2.72. The van der Waals surface area contributed by atoms with E-state index in [1.54, 1.807) is 13.1 Å². The summed E-state index contributed by atoms with van der Waals surface area (Å²) in [6.45, 7) is 3.51. The smallest absolute Gasteiger partial charge is 0.213 e. The van der Waals surface area contributed by atoms with E-state index in [0.717, 1.165) is 11.5 Å². The highest BCUT2D eigenvalue weighted by Crippen LogP contribution is 2.39. The van der Waals surface area contributed by atoms with Crippen molar-refractivity contribution in [1.29, 1.82) is 0 Å². The minimum atomic E-state index is -3.05. The van der Waals surface area contributed by atoms with E-state index in [4.69, 9.17) is 0 Å². The van der Waals surface area contributed by atoms with Gasteiger partial charge in [0.05, 0.1) is 5.75 Å². The highest BCUT2D eigenvalue weighted by Gasteiger charge is 2.34. The molecule has 0 bridgehead atoms. The topological polar surface area (TPSA) is 92.5 Å². The molecule has 23 heavy (non-hydrogen) atoms. The number of aromatic nitrogens is 4. The van der Waals surface area contributed by atoms with Gasteiger partial charge in [0.15, 0.2) is 5.82 Å². The Morgan fingerprint density at radius 1 is 1.30 bits per heavy atom. The van der Waals surface area contributed by atoms with E-state index in [0.29, 0.717) is 37.3 Å². The van der Waals surface area contributed by atoms with Gasteiger partial charge in [0.2, 0.25) is 15.7 Å². The molecule has 8 nitrogen and oxygen atoms in total. The lowest BCUT2D eigenvalue weighted by Crippen LogP contribution is -2.52. The lowest BCUT2D eigenvalue weighted by Gasteiger charge is -2.37. The van der Waals surface area contributed by atoms with Crippen molar-refractivity contribution in [3.8, 4) is 0 Å². The van der Waals surface area contributed by atoms with E-state index in [2.05, 4.69) is 20.5 Å². The summed E-state index contributed by atoms with van der Waals surface area (Å²) in [4.78, 5) is 4.35. The van der Waals surface area contributed by atoms with Crippen LogP contribution in [0.5, 0.6) is 0 Å². The summed E-state index contributed by atoms with van der Waals surface area (Å²) < 4.78 is 27.0. The van der Waals surface area contributed by atoms with Crippen LogP contribution in [-0.4, -0.2) is 57.7 Å². The molecule has 3 heterocycles. The van der Waals surface area contributed by atoms with Gasteiger partial charge in [-0.1, -0.05) is 0 Å². The summed E-state index contributed by atoms with van der Waals surface area (Å²) in [6.07, 6.45) is 6.00. The van der Waals surface area contributed by atoms with Gasteiger partial charge in [-0.3, -0.25) is 4.40 Å². The molecule has 0 atom stereocenters. The molecule has 0 spiro atoms. The molecule has 2 fully saturated rings. The SMILES string of the molecule is CCS(=O)(=O)N1CC(CNc2nccn3c(C4CC4)nnc23)C1.